The number of hydrogen-bond donors (Lipinski definition) is 1. The average Bonchev–Trinajstić information content (AvgIpc) is 2.58. The van der Waals surface area contributed by atoms with Crippen LogP contribution >= 0.6 is 0 Å². The second-order valence-corrected chi connectivity index (χ2v) is 5.59. The molecule has 0 atom stereocenters. The number of carbonyl (C=O) groups is 2. The van der Waals surface area contributed by atoms with E-state index in [-0.39, 0.29) is 12.3 Å². The summed E-state index contributed by atoms with van der Waals surface area (Å²) in [5.74, 6) is -0.309. The van der Waals surface area contributed by atoms with Gasteiger partial charge < -0.3 is 14.8 Å². The van der Waals surface area contributed by atoms with E-state index in [1.54, 1.807) is 6.92 Å². The summed E-state index contributed by atoms with van der Waals surface area (Å²) in [6.07, 6.45) is 2.77. The van der Waals surface area contributed by atoms with Crippen molar-refractivity contribution in [2.75, 3.05) is 19.8 Å². The largest absolute Gasteiger partial charge is 0.491 e. The topological polar surface area (TPSA) is 90.4 Å². The summed E-state index contributed by atoms with van der Waals surface area (Å²) in [5.41, 5.74) is 2.97. The van der Waals surface area contributed by atoms with Crippen molar-refractivity contribution in [3.05, 3.63) is 53.1 Å². The lowest BCUT2D eigenvalue weighted by Crippen LogP contribution is -2.32. The van der Waals surface area contributed by atoms with Gasteiger partial charge in [-0.25, -0.2) is 9.78 Å². The molecule has 1 heterocycles. The van der Waals surface area contributed by atoms with Gasteiger partial charge in [-0.05, 0) is 32.4 Å². The van der Waals surface area contributed by atoms with Crippen molar-refractivity contribution in [3.8, 4) is 5.75 Å². The number of aromatic nitrogens is 2. The Kier molecular flexibility index (Phi) is 6.45. The molecule has 2 rings (SSSR count). The summed E-state index contributed by atoms with van der Waals surface area (Å²) in [7, 11) is 0. The normalized spacial score (nSPS) is 10.2. The molecule has 7 heteroatoms. The van der Waals surface area contributed by atoms with Crippen molar-refractivity contribution in [2.45, 2.75) is 20.8 Å². The Hall–Kier alpha value is -2.96. The fourth-order valence-electron chi connectivity index (χ4n) is 2.07. The van der Waals surface area contributed by atoms with Gasteiger partial charge >= 0.3 is 5.97 Å². The maximum atomic E-state index is 11.7. The summed E-state index contributed by atoms with van der Waals surface area (Å²) in [6.45, 7) is 6.00. The molecule has 25 heavy (non-hydrogen) atoms. The molecule has 0 aliphatic heterocycles. The molecule has 0 saturated heterocycles. The van der Waals surface area contributed by atoms with E-state index in [0.717, 1.165) is 11.3 Å². The Morgan fingerprint density at radius 1 is 1.12 bits per heavy atom. The second-order valence-electron chi connectivity index (χ2n) is 5.59. The molecule has 1 aromatic heterocycles. The average molecular weight is 343 g/mol. The summed E-state index contributed by atoms with van der Waals surface area (Å²) < 4.78 is 10.5. The van der Waals surface area contributed by atoms with E-state index in [2.05, 4.69) is 15.3 Å². The Labute approximate surface area is 146 Å². The van der Waals surface area contributed by atoms with Gasteiger partial charge in [0.15, 0.2) is 12.3 Å². The first-order valence-corrected chi connectivity index (χ1v) is 7.88. The van der Waals surface area contributed by atoms with Gasteiger partial charge in [0.2, 0.25) is 0 Å². The van der Waals surface area contributed by atoms with Gasteiger partial charge in [0.1, 0.15) is 12.4 Å². The highest BCUT2D eigenvalue weighted by atomic mass is 16.5. The fraction of sp³-hybridized carbons (Fsp3) is 0.333. The number of carbonyl (C=O) groups excluding carboxylic acids is 2. The van der Waals surface area contributed by atoms with Gasteiger partial charge in [-0.2, -0.15) is 0 Å². The number of amides is 1. The third-order valence-corrected chi connectivity index (χ3v) is 3.34. The zero-order valence-electron chi connectivity index (χ0n) is 14.5. The first-order valence-electron chi connectivity index (χ1n) is 7.88. The summed E-state index contributed by atoms with van der Waals surface area (Å²) >= 11 is 0. The number of esters is 1. The number of aryl methyl sites for hydroxylation is 3. The highest BCUT2D eigenvalue weighted by molar-refractivity contribution is 5.89. The van der Waals surface area contributed by atoms with Crippen LogP contribution in [0.2, 0.25) is 0 Å². The third kappa shape index (κ3) is 5.87. The number of nitrogens with one attached hydrogen (secondary N) is 1. The molecule has 7 nitrogen and oxygen atoms in total. The monoisotopic (exact) mass is 343 g/mol. The maximum absolute atomic E-state index is 11.7. The van der Waals surface area contributed by atoms with Crippen LogP contribution in [0.3, 0.4) is 0 Å². The molecule has 0 bridgehead atoms. The van der Waals surface area contributed by atoms with Crippen LogP contribution in [0, 0.1) is 20.8 Å². The number of hydrogen-bond acceptors (Lipinski definition) is 6. The highest BCUT2D eigenvalue weighted by Gasteiger charge is 2.11. The maximum Gasteiger partial charge on any atom is 0.359 e. The van der Waals surface area contributed by atoms with Gasteiger partial charge in [-0.3, -0.25) is 9.78 Å². The molecular weight excluding hydrogens is 322 g/mol. The van der Waals surface area contributed by atoms with Crippen molar-refractivity contribution in [3.63, 3.8) is 0 Å². The van der Waals surface area contributed by atoms with Gasteiger partial charge in [-0.15, -0.1) is 0 Å². The molecule has 0 saturated carbocycles. The van der Waals surface area contributed by atoms with E-state index in [4.69, 9.17) is 9.47 Å². The van der Waals surface area contributed by atoms with E-state index in [1.807, 2.05) is 32.0 Å². The number of benzene rings is 1. The highest BCUT2D eigenvalue weighted by Crippen LogP contribution is 2.18. The smallest absolute Gasteiger partial charge is 0.359 e. The molecule has 1 N–H and O–H groups in total. The minimum atomic E-state index is -0.686. The molecule has 0 fully saturated rings. The predicted octanol–water partition coefficient (Wildman–Crippen LogP) is 1.75. The van der Waals surface area contributed by atoms with E-state index in [1.165, 1.54) is 18.0 Å². The predicted molar refractivity (Wildman–Crippen MR) is 91.5 cm³/mol. The minimum absolute atomic E-state index is 0.0663. The van der Waals surface area contributed by atoms with Crippen molar-refractivity contribution in [1.82, 2.24) is 15.3 Å². The van der Waals surface area contributed by atoms with Gasteiger partial charge in [0, 0.05) is 6.20 Å². The van der Waals surface area contributed by atoms with Crippen molar-refractivity contribution in [1.29, 1.82) is 0 Å². The van der Waals surface area contributed by atoms with Crippen molar-refractivity contribution >= 4 is 11.9 Å². The van der Waals surface area contributed by atoms with Crippen LogP contribution in [-0.2, 0) is 9.53 Å². The van der Waals surface area contributed by atoms with Crippen LogP contribution in [0.5, 0.6) is 5.75 Å². The Bertz CT molecular complexity index is 744. The van der Waals surface area contributed by atoms with Gasteiger partial charge in [-0.1, -0.05) is 17.7 Å². The van der Waals surface area contributed by atoms with Crippen LogP contribution in [-0.4, -0.2) is 41.6 Å². The molecule has 0 radical (unpaired) electrons. The van der Waals surface area contributed by atoms with E-state index >= 15 is 0 Å². The molecule has 1 amide bonds. The quantitative estimate of drug-likeness (QED) is 0.608. The van der Waals surface area contributed by atoms with Crippen LogP contribution in [0.1, 0.15) is 27.3 Å². The van der Waals surface area contributed by atoms with Crippen molar-refractivity contribution in [2.24, 2.45) is 0 Å². The lowest BCUT2D eigenvalue weighted by atomic mass is 10.1. The Morgan fingerprint density at radius 2 is 1.92 bits per heavy atom. The first kappa shape index (κ1) is 18.4. The summed E-state index contributed by atoms with van der Waals surface area (Å²) in [4.78, 5) is 31.2. The lowest BCUT2D eigenvalue weighted by Gasteiger charge is -2.10. The summed E-state index contributed by atoms with van der Waals surface area (Å²) in [6, 6.07) is 5.90. The lowest BCUT2D eigenvalue weighted by molar-refractivity contribution is -0.124. The molecular formula is C18H21N3O4. The number of rotatable bonds is 7. The molecule has 0 aliphatic rings. The van der Waals surface area contributed by atoms with Gasteiger partial charge in [0.05, 0.1) is 18.4 Å². The molecule has 0 spiro atoms. The molecule has 0 unspecified atom stereocenters. The Balaban J connectivity index is 1.67. The second kappa shape index (κ2) is 8.77. The zero-order valence-corrected chi connectivity index (χ0v) is 14.5. The zero-order chi connectivity index (χ0) is 18.2. The summed E-state index contributed by atoms with van der Waals surface area (Å²) in [5, 5.41) is 2.62. The van der Waals surface area contributed by atoms with E-state index in [0.29, 0.717) is 18.8 Å². The van der Waals surface area contributed by atoms with Crippen LogP contribution in [0.15, 0.2) is 30.6 Å². The third-order valence-electron chi connectivity index (χ3n) is 3.34. The minimum Gasteiger partial charge on any atom is -0.491 e. The van der Waals surface area contributed by atoms with Crippen LogP contribution in [0.4, 0.5) is 0 Å². The fourth-order valence-corrected chi connectivity index (χ4v) is 2.07. The number of nitrogens with zero attached hydrogens (tertiary/aromatic N) is 2. The molecule has 0 aliphatic carbocycles. The molecule has 1 aromatic carbocycles. The SMILES string of the molecule is Cc1ccc(OCCNC(=O)COC(=O)c2cnc(C)cn2)c(C)c1. The first-order chi connectivity index (χ1) is 12.0. The van der Waals surface area contributed by atoms with Gasteiger partial charge in [0.25, 0.3) is 5.91 Å². The standard InChI is InChI=1S/C18H21N3O4/c1-12-4-5-16(13(2)8-12)24-7-6-19-17(22)11-25-18(23)15-10-20-14(3)9-21-15/h4-5,8-10H,6-7,11H2,1-3H3,(H,19,22). The van der Waals surface area contributed by atoms with E-state index in [9.17, 15) is 9.59 Å². The van der Waals surface area contributed by atoms with Crippen LogP contribution in [0.25, 0.3) is 0 Å². The van der Waals surface area contributed by atoms with Crippen molar-refractivity contribution < 1.29 is 19.1 Å². The Morgan fingerprint density at radius 3 is 2.60 bits per heavy atom. The number of ether oxygens (including phenoxy) is 2. The van der Waals surface area contributed by atoms with Crippen LogP contribution < -0.4 is 10.1 Å². The van der Waals surface area contributed by atoms with E-state index < -0.39 is 11.9 Å². The molecule has 132 valence electrons. The molecule has 2 aromatic rings.